The standard InChI is InChI=1S/C25H13BrClNO4S/c26-16-10-11-19(31-24(29)14-6-2-1-3-7-14)15(12-16)13-18-25(30)32-23(28-18)22-21(27)17-8-4-5-9-20(17)33-22/h1-13H/b18-13+. The largest absolute Gasteiger partial charge is 0.422 e. The number of esters is 2. The van der Waals surface area contributed by atoms with Crippen LogP contribution >= 0.6 is 38.9 Å². The van der Waals surface area contributed by atoms with Gasteiger partial charge in [-0.3, -0.25) is 0 Å². The van der Waals surface area contributed by atoms with Crippen molar-refractivity contribution in [2.75, 3.05) is 0 Å². The van der Waals surface area contributed by atoms with Crippen LogP contribution in [0, 0.1) is 0 Å². The molecule has 3 aromatic carbocycles. The van der Waals surface area contributed by atoms with Crippen molar-refractivity contribution in [3.05, 3.63) is 104 Å². The topological polar surface area (TPSA) is 65.0 Å². The Kier molecular flexibility index (Phi) is 5.85. The normalized spacial score (nSPS) is 14.4. The van der Waals surface area contributed by atoms with E-state index in [2.05, 4.69) is 20.9 Å². The van der Waals surface area contributed by atoms with Gasteiger partial charge in [0, 0.05) is 20.1 Å². The minimum Gasteiger partial charge on any atom is -0.422 e. The summed E-state index contributed by atoms with van der Waals surface area (Å²) in [6.45, 7) is 0. The van der Waals surface area contributed by atoms with Crippen molar-refractivity contribution in [2.45, 2.75) is 0 Å². The third-order valence-electron chi connectivity index (χ3n) is 4.83. The number of ether oxygens (including phenoxy) is 2. The van der Waals surface area contributed by atoms with Crippen molar-refractivity contribution in [1.82, 2.24) is 0 Å². The number of rotatable bonds is 4. The quantitative estimate of drug-likeness (QED) is 0.161. The number of fused-ring (bicyclic) bond motifs is 1. The molecule has 1 aromatic heterocycles. The lowest BCUT2D eigenvalue weighted by molar-refractivity contribution is -0.129. The van der Waals surface area contributed by atoms with Crippen LogP contribution in [-0.2, 0) is 9.53 Å². The zero-order valence-corrected chi connectivity index (χ0v) is 19.9. The molecule has 0 saturated carbocycles. The fourth-order valence-electron chi connectivity index (χ4n) is 3.26. The summed E-state index contributed by atoms with van der Waals surface area (Å²) in [6.07, 6.45) is 1.52. The summed E-state index contributed by atoms with van der Waals surface area (Å²) in [7, 11) is 0. The van der Waals surface area contributed by atoms with E-state index in [0.29, 0.717) is 21.0 Å². The predicted octanol–water partition coefficient (Wildman–Crippen LogP) is 6.88. The van der Waals surface area contributed by atoms with Crippen LogP contribution in [0.3, 0.4) is 0 Å². The van der Waals surface area contributed by atoms with E-state index in [-0.39, 0.29) is 17.3 Å². The number of halogens is 2. The number of hydrogen-bond donors (Lipinski definition) is 0. The molecule has 0 fully saturated rings. The Bertz CT molecular complexity index is 1480. The van der Waals surface area contributed by atoms with Crippen LogP contribution < -0.4 is 4.74 Å². The van der Waals surface area contributed by atoms with Crippen molar-refractivity contribution < 1.29 is 19.1 Å². The molecule has 0 saturated heterocycles. The summed E-state index contributed by atoms with van der Waals surface area (Å²) >= 11 is 11.3. The number of aliphatic imine (C=N–C) groups is 1. The van der Waals surface area contributed by atoms with Crippen molar-refractivity contribution in [3.63, 3.8) is 0 Å². The van der Waals surface area contributed by atoms with Crippen LogP contribution in [0.1, 0.15) is 20.8 Å². The van der Waals surface area contributed by atoms with Gasteiger partial charge in [-0.05, 0) is 42.5 Å². The van der Waals surface area contributed by atoms with E-state index in [4.69, 9.17) is 21.1 Å². The first-order valence-electron chi connectivity index (χ1n) is 9.76. The van der Waals surface area contributed by atoms with Gasteiger partial charge in [-0.25, -0.2) is 14.6 Å². The summed E-state index contributed by atoms with van der Waals surface area (Å²) < 4.78 is 12.7. The van der Waals surface area contributed by atoms with Gasteiger partial charge in [-0.15, -0.1) is 11.3 Å². The SMILES string of the molecule is O=C1OC(c2sc3ccccc3c2Cl)=N/C1=C/c1cc(Br)ccc1OC(=O)c1ccccc1. The molecule has 8 heteroatoms. The van der Waals surface area contributed by atoms with Crippen molar-refractivity contribution >= 4 is 72.9 Å². The molecule has 0 spiro atoms. The van der Waals surface area contributed by atoms with E-state index in [0.717, 1.165) is 14.6 Å². The fraction of sp³-hybridized carbons (Fsp3) is 0. The van der Waals surface area contributed by atoms with Crippen LogP contribution in [0.15, 0.2) is 88.0 Å². The van der Waals surface area contributed by atoms with Gasteiger partial charge >= 0.3 is 11.9 Å². The predicted molar refractivity (Wildman–Crippen MR) is 133 cm³/mol. The van der Waals surface area contributed by atoms with Gasteiger partial charge in [0.2, 0.25) is 5.90 Å². The van der Waals surface area contributed by atoms with E-state index in [1.807, 2.05) is 30.3 Å². The number of nitrogens with zero attached hydrogens (tertiary/aromatic N) is 1. The summed E-state index contributed by atoms with van der Waals surface area (Å²) in [5, 5.41) is 1.36. The number of hydrogen-bond acceptors (Lipinski definition) is 6. The molecule has 5 nitrogen and oxygen atoms in total. The minimum atomic E-state index is -0.612. The third kappa shape index (κ3) is 4.35. The van der Waals surface area contributed by atoms with E-state index in [1.54, 1.807) is 42.5 Å². The molecule has 33 heavy (non-hydrogen) atoms. The summed E-state index contributed by atoms with van der Waals surface area (Å²) in [5.74, 6) is -0.683. The van der Waals surface area contributed by atoms with E-state index in [9.17, 15) is 9.59 Å². The van der Waals surface area contributed by atoms with Gasteiger partial charge in [-0.2, -0.15) is 0 Å². The first-order chi connectivity index (χ1) is 16.0. The molecule has 4 aromatic rings. The second-order valence-corrected chi connectivity index (χ2v) is 9.36. The zero-order chi connectivity index (χ0) is 22.9. The molecule has 1 aliphatic heterocycles. The van der Waals surface area contributed by atoms with E-state index in [1.165, 1.54) is 17.4 Å². The van der Waals surface area contributed by atoms with Gasteiger partial charge in [-0.1, -0.05) is 63.9 Å². The molecule has 0 bridgehead atoms. The molecule has 0 N–H and O–H groups in total. The number of cyclic esters (lactones) is 1. The summed E-state index contributed by atoms with van der Waals surface area (Å²) in [6, 6.07) is 21.4. The molecule has 0 radical (unpaired) electrons. The van der Waals surface area contributed by atoms with Crippen LogP contribution in [0.5, 0.6) is 5.75 Å². The first-order valence-corrected chi connectivity index (χ1v) is 11.7. The third-order valence-corrected chi connectivity index (χ3v) is 6.98. The highest BCUT2D eigenvalue weighted by molar-refractivity contribution is 9.10. The lowest BCUT2D eigenvalue weighted by Gasteiger charge is -2.08. The lowest BCUT2D eigenvalue weighted by atomic mass is 10.1. The molecule has 0 aliphatic carbocycles. The maximum Gasteiger partial charge on any atom is 0.363 e. The second-order valence-electron chi connectivity index (χ2n) is 7.02. The Morgan fingerprint density at radius 1 is 1.06 bits per heavy atom. The highest BCUT2D eigenvalue weighted by Crippen LogP contribution is 2.37. The van der Waals surface area contributed by atoms with Gasteiger partial charge in [0.25, 0.3) is 0 Å². The monoisotopic (exact) mass is 537 g/mol. The molecular weight excluding hydrogens is 526 g/mol. The number of carbonyl (C=O) groups is 2. The maximum atomic E-state index is 12.6. The molecule has 1 aliphatic rings. The lowest BCUT2D eigenvalue weighted by Crippen LogP contribution is -2.09. The second kappa shape index (κ2) is 8.94. The van der Waals surface area contributed by atoms with Crippen molar-refractivity contribution in [3.8, 4) is 5.75 Å². The molecular formula is C25H13BrClNO4S. The minimum absolute atomic E-state index is 0.0774. The fourth-order valence-corrected chi connectivity index (χ4v) is 5.08. The van der Waals surface area contributed by atoms with E-state index < -0.39 is 11.9 Å². The molecule has 0 amide bonds. The van der Waals surface area contributed by atoms with Gasteiger partial charge in [0.15, 0.2) is 5.70 Å². The molecule has 162 valence electrons. The molecule has 5 rings (SSSR count). The van der Waals surface area contributed by atoms with Gasteiger partial charge in [0.05, 0.1) is 10.6 Å². The first kappa shape index (κ1) is 21.6. The molecule has 0 atom stereocenters. The average Bonchev–Trinajstić information content (AvgIpc) is 3.35. The molecule has 2 heterocycles. The Balaban J connectivity index is 1.50. The molecule has 0 unspecified atom stereocenters. The highest BCUT2D eigenvalue weighted by atomic mass is 79.9. The van der Waals surface area contributed by atoms with E-state index >= 15 is 0 Å². The Hall–Kier alpha value is -3.26. The summed E-state index contributed by atoms with van der Waals surface area (Å²) in [4.78, 5) is 30.0. The number of benzene rings is 3. The average molecular weight is 539 g/mol. The smallest absolute Gasteiger partial charge is 0.363 e. The van der Waals surface area contributed by atoms with Crippen LogP contribution in [0.4, 0.5) is 0 Å². The maximum absolute atomic E-state index is 12.6. The van der Waals surface area contributed by atoms with Crippen LogP contribution in [0.25, 0.3) is 16.2 Å². The van der Waals surface area contributed by atoms with Crippen LogP contribution in [-0.4, -0.2) is 17.8 Å². The van der Waals surface area contributed by atoms with Gasteiger partial charge < -0.3 is 9.47 Å². The number of thiophene rings is 1. The van der Waals surface area contributed by atoms with Crippen molar-refractivity contribution in [2.24, 2.45) is 4.99 Å². The summed E-state index contributed by atoms with van der Waals surface area (Å²) in [5.41, 5.74) is 0.987. The Labute approximate surface area is 206 Å². The Morgan fingerprint density at radius 3 is 2.61 bits per heavy atom. The van der Waals surface area contributed by atoms with Gasteiger partial charge in [0.1, 0.15) is 10.6 Å². The number of carbonyl (C=O) groups excluding carboxylic acids is 2. The highest BCUT2D eigenvalue weighted by Gasteiger charge is 2.28. The Morgan fingerprint density at radius 2 is 1.82 bits per heavy atom. The zero-order valence-electron chi connectivity index (χ0n) is 16.7. The van der Waals surface area contributed by atoms with Crippen LogP contribution in [0.2, 0.25) is 5.02 Å². The van der Waals surface area contributed by atoms with Crippen molar-refractivity contribution in [1.29, 1.82) is 0 Å².